The molecule has 0 radical (unpaired) electrons. The van der Waals surface area contributed by atoms with E-state index in [1.807, 2.05) is 0 Å². The average Bonchev–Trinajstić information content (AvgIpc) is 2.89. The second-order valence-electron chi connectivity index (χ2n) is 8.91. The summed E-state index contributed by atoms with van der Waals surface area (Å²) in [5, 5.41) is 2.37. The highest BCUT2D eigenvalue weighted by Gasteiger charge is 2.01. The third-order valence-corrected chi connectivity index (χ3v) is 6.17. The Labute approximate surface area is 204 Å². The minimum atomic E-state index is 0.784. The van der Waals surface area contributed by atoms with Gasteiger partial charge in [0.2, 0.25) is 0 Å². The van der Waals surface area contributed by atoms with Crippen LogP contribution in [0, 0.1) is 11.8 Å². The van der Waals surface area contributed by atoms with Crippen LogP contribution in [0.25, 0.3) is 21.9 Å². The van der Waals surface area contributed by atoms with Crippen LogP contribution in [0.3, 0.4) is 0 Å². The fourth-order valence-corrected chi connectivity index (χ4v) is 4.07. The zero-order valence-corrected chi connectivity index (χ0v) is 20.4. The van der Waals surface area contributed by atoms with Crippen molar-refractivity contribution in [1.29, 1.82) is 0 Å². The second-order valence-corrected chi connectivity index (χ2v) is 8.91. The molecule has 0 aromatic heterocycles. The fourth-order valence-electron chi connectivity index (χ4n) is 4.07. The van der Waals surface area contributed by atoms with Crippen molar-refractivity contribution in [2.24, 2.45) is 0 Å². The molecule has 1 heteroatoms. The topological polar surface area (TPSA) is 9.23 Å². The van der Waals surface area contributed by atoms with Gasteiger partial charge in [-0.15, -0.1) is 0 Å². The van der Waals surface area contributed by atoms with Crippen LogP contribution >= 0.6 is 0 Å². The minimum Gasteiger partial charge on any atom is -0.494 e. The lowest BCUT2D eigenvalue weighted by molar-refractivity contribution is 0.306. The van der Waals surface area contributed by atoms with Crippen LogP contribution in [0.15, 0.2) is 84.9 Å². The maximum atomic E-state index is 5.89. The largest absolute Gasteiger partial charge is 0.494 e. The molecule has 4 aromatic carbocycles. The first kappa shape index (κ1) is 23.7. The van der Waals surface area contributed by atoms with E-state index in [1.54, 1.807) is 0 Å². The molecule has 0 fully saturated rings. The van der Waals surface area contributed by atoms with Crippen LogP contribution in [-0.4, -0.2) is 6.61 Å². The molecule has 0 aliphatic rings. The Morgan fingerprint density at radius 3 is 1.94 bits per heavy atom. The number of fused-ring (bicyclic) bond motifs is 1. The average molecular weight is 447 g/mol. The van der Waals surface area contributed by atoms with E-state index >= 15 is 0 Å². The van der Waals surface area contributed by atoms with E-state index in [-0.39, 0.29) is 0 Å². The lowest BCUT2D eigenvalue weighted by Crippen LogP contribution is -1.96. The Kier molecular flexibility index (Phi) is 8.42. The van der Waals surface area contributed by atoms with Crippen molar-refractivity contribution in [3.63, 3.8) is 0 Å². The van der Waals surface area contributed by atoms with Crippen LogP contribution < -0.4 is 4.74 Å². The van der Waals surface area contributed by atoms with Crippen molar-refractivity contribution in [2.75, 3.05) is 6.61 Å². The molecular formula is C33H34O. The number of ether oxygens (including phenoxy) is 1. The molecule has 0 atom stereocenters. The second kappa shape index (κ2) is 12.1. The first-order valence-corrected chi connectivity index (χ1v) is 12.6. The summed E-state index contributed by atoms with van der Waals surface area (Å²) in [6.45, 7) is 5.23. The maximum Gasteiger partial charge on any atom is 0.119 e. The quantitative estimate of drug-likeness (QED) is 0.184. The third-order valence-electron chi connectivity index (χ3n) is 6.17. The van der Waals surface area contributed by atoms with Gasteiger partial charge in [-0.2, -0.15) is 0 Å². The van der Waals surface area contributed by atoms with Gasteiger partial charge in [-0.25, -0.2) is 0 Å². The number of rotatable bonds is 9. The molecule has 0 aliphatic heterocycles. The van der Waals surface area contributed by atoms with Crippen LogP contribution in [0.2, 0.25) is 0 Å². The Hall–Kier alpha value is -3.50. The number of hydrogen-bond acceptors (Lipinski definition) is 1. The summed E-state index contributed by atoms with van der Waals surface area (Å²) in [7, 11) is 0. The molecule has 0 spiro atoms. The standard InChI is InChI=1S/C33H34O/c1-3-5-7-23-34-33-22-21-31-24-28(15-20-32(31)25-33)10-9-27-13-18-30(19-14-27)29-16-11-26(12-17-29)8-6-4-2/h11-22,24-25H,3-8,23H2,1-2H3. The van der Waals surface area contributed by atoms with E-state index in [2.05, 4.69) is 111 Å². The molecule has 4 aromatic rings. The molecule has 0 aliphatic carbocycles. The molecule has 0 bridgehead atoms. The fraction of sp³-hybridized carbons (Fsp3) is 0.273. The lowest BCUT2D eigenvalue weighted by atomic mass is 10.0. The number of hydrogen-bond donors (Lipinski definition) is 0. The molecule has 4 rings (SSSR count). The molecule has 0 heterocycles. The van der Waals surface area contributed by atoms with Gasteiger partial charge in [0.05, 0.1) is 6.61 Å². The van der Waals surface area contributed by atoms with Gasteiger partial charge in [0.15, 0.2) is 0 Å². The van der Waals surface area contributed by atoms with Gasteiger partial charge < -0.3 is 4.74 Å². The van der Waals surface area contributed by atoms with E-state index in [0.29, 0.717) is 0 Å². The summed E-state index contributed by atoms with van der Waals surface area (Å²) in [6, 6.07) is 30.2. The molecule has 34 heavy (non-hydrogen) atoms. The highest BCUT2D eigenvalue weighted by atomic mass is 16.5. The predicted octanol–water partition coefficient (Wildman–Crippen LogP) is 8.82. The summed E-state index contributed by atoms with van der Waals surface area (Å²) in [5.74, 6) is 7.58. The van der Waals surface area contributed by atoms with Crippen LogP contribution in [-0.2, 0) is 6.42 Å². The van der Waals surface area contributed by atoms with Crippen molar-refractivity contribution < 1.29 is 4.74 Å². The summed E-state index contributed by atoms with van der Waals surface area (Å²) in [4.78, 5) is 0. The van der Waals surface area contributed by atoms with Crippen molar-refractivity contribution in [1.82, 2.24) is 0 Å². The van der Waals surface area contributed by atoms with E-state index in [0.717, 1.165) is 36.3 Å². The van der Waals surface area contributed by atoms with Gasteiger partial charge in [-0.1, -0.05) is 93.5 Å². The summed E-state index contributed by atoms with van der Waals surface area (Å²) < 4.78 is 5.89. The molecule has 0 N–H and O–H groups in total. The summed E-state index contributed by atoms with van der Waals surface area (Å²) in [5.41, 5.74) is 5.95. The van der Waals surface area contributed by atoms with Gasteiger partial charge in [0, 0.05) is 11.1 Å². The zero-order chi connectivity index (χ0) is 23.6. The van der Waals surface area contributed by atoms with Gasteiger partial charge in [-0.05, 0) is 83.1 Å². The van der Waals surface area contributed by atoms with E-state index < -0.39 is 0 Å². The monoisotopic (exact) mass is 446 g/mol. The summed E-state index contributed by atoms with van der Waals surface area (Å²) in [6.07, 6.45) is 7.17. The van der Waals surface area contributed by atoms with Gasteiger partial charge >= 0.3 is 0 Å². The third kappa shape index (κ3) is 6.52. The predicted molar refractivity (Wildman–Crippen MR) is 145 cm³/mol. The minimum absolute atomic E-state index is 0.784. The van der Waals surface area contributed by atoms with Gasteiger partial charge in [0.1, 0.15) is 5.75 Å². The van der Waals surface area contributed by atoms with Crippen molar-refractivity contribution in [2.45, 2.75) is 52.4 Å². The van der Waals surface area contributed by atoms with E-state index in [4.69, 9.17) is 4.74 Å². The molecule has 172 valence electrons. The highest BCUT2D eigenvalue weighted by molar-refractivity contribution is 5.85. The number of aryl methyl sites for hydroxylation is 1. The highest BCUT2D eigenvalue weighted by Crippen LogP contribution is 2.23. The van der Waals surface area contributed by atoms with Crippen LogP contribution in [0.1, 0.15) is 62.6 Å². The smallest absolute Gasteiger partial charge is 0.119 e. The van der Waals surface area contributed by atoms with Crippen LogP contribution in [0.5, 0.6) is 5.75 Å². The molecule has 0 unspecified atom stereocenters. The SMILES string of the molecule is CCCCCOc1ccc2cc(C#Cc3ccc(-c4ccc(CCCC)cc4)cc3)ccc2c1. The summed E-state index contributed by atoms with van der Waals surface area (Å²) >= 11 is 0. The Bertz CT molecular complexity index is 1250. The normalized spacial score (nSPS) is 10.6. The van der Waals surface area contributed by atoms with Gasteiger partial charge in [0.25, 0.3) is 0 Å². The molecule has 0 saturated heterocycles. The molecule has 0 amide bonds. The van der Waals surface area contributed by atoms with Crippen LogP contribution in [0.4, 0.5) is 0 Å². The van der Waals surface area contributed by atoms with Crippen molar-refractivity contribution >= 4 is 10.8 Å². The zero-order valence-electron chi connectivity index (χ0n) is 20.4. The van der Waals surface area contributed by atoms with Crippen molar-refractivity contribution in [3.8, 4) is 28.7 Å². The molecular weight excluding hydrogens is 412 g/mol. The number of benzene rings is 4. The van der Waals surface area contributed by atoms with E-state index in [1.165, 1.54) is 53.1 Å². The Balaban J connectivity index is 1.41. The first-order valence-electron chi connectivity index (χ1n) is 12.6. The van der Waals surface area contributed by atoms with E-state index in [9.17, 15) is 0 Å². The number of unbranched alkanes of at least 4 members (excludes halogenated alkanes) is 3. The molecule has 0 saturated carbocycles. The van der Waals surface area contributed by atoms with Crippen molar-refractivity contribution in [3.05, 3.63) is 102 Å². The Morgan fingerprint density at radius 2 is 1.21 bits per heavy atom. The lowest BCUT2D eigenvalue weighted by Gasteiger charge is -2.07. The first-order chi connectivity index (χ1) is 16.7. The van der Waals surface area contributed by atoms with Gasteiger partial charge in [-0.3, -0.25) is 0 Å². The maximum absolute atomic E-state index is 5.89. The molecule has 1 nitrogen and oxygen atoms in total. The Morgan fingerprint density at radius 1 is 0.588 bits per heavy atom.